The Labute approximate surface area is 190 Å². The lowest BCUT2D eigenvalue weighted by Gasteiger charge is -2.16. The molecule has 0 saturated heterocycles. The van der Waals surface area contributed by atoms with Gasteiger partial charge in [-0.1, -0.05) is 34.1 Å². The third-order valence-electron chi connectivity index (χ3n) is 5.12. The number of aromatic carboxylic acids is 1. The Morgan fingerprint density at radius 1 is 1.06 bits per heavy atom. The van der Waals surface area contributed by atoms with E-state index in [1.165, 1.54) is 12.1 Å². The summed E-state index contributed by atoms with van der Waals surface area (Å²) in [7, 11) is 0. The van der Waals surface area contributed by atoms with Crippen LogP contribution < -0.4 is 10.0 Å². The molecule has 0 aliphatic rings. The van der Waals surface area contributed by atoms with Crippen LogP contribution in [0.3, 0.4) is 0 Å². The Hall–Kier alpha value is -3.78. The van der Waals surface area contributed by atoms with E-state index in [2.05, 4.69) is 21.2 Å². The summed E-state index contributed by atoms with van der Waals surface area (Å²) < 4.78 is 15.9. The molecule has 0 bridgehead atoms. The van der Waals surface area contributed by atoms with Crippen molar-refractivity contribution >= 4 is 44.4 Å². The van der Waals surface area contributed by atoms with Gasteiger partial charge in [0.2, 0.25) is 11.2 Å². The number of carbonyl (C=O) groups excluding carboxylic acids is 1. The molecule has 4 rings (SSSR count). The van der Waals surface area contributed by atoms with Crippen molar-refractivity contribution in [1.82, 2.24) is 0 Å². The fraction of sp³-hybridized carbons (Fsp3) is 0.0417. The second-order valence-electron chi connectivity index (χ2n) is 7.12. The van der Waals surface area contributed by atoms with Crippen molar-refractivity contribution in [1.29, 1.82) is 0 Å². The van der Waals surface area contributed by atoms with Crippen LogP contribution in [0.1, 0.15) is 26.3 Å². The number of carbonyl (C=O) groups is 2. The number of benzene rings is 3. The molecule has 0 fully saturated rings. The first kappa shape index (κ1) is 21.5. The minimum atomic E-state index is -1.27. The van der Waals surface area contributed by atoms with Crippen molar-refractivity contribution in [2.45, 2.75) is 6.92 Å². The van der Waals surface area contributed by atoms with E-state index in [9.17, 15) is 19.2 Å². The van der Waals surface area contributed by atoms with Gasteiger partial charge in [0.05, 0.1) is 22.2 Å². The zero-order valence-corrected chi connectivity index (χ0v) is 18.3. The van der Waals surface area contributed by atoms with Gasteiger partial charge in [0.15, 0.2) is 0 Å². The number of carboxylic acids is 1. The van der Waals surface area contributed by atoms with Crippen LogP contribution in [0.4, 0.5) is 10.1 Å². The van der Waals surface area contributed by atoms with Crippen molar-refractivity contribution in [3.63, 3.8) is 0 Å². The number of fused-ring (bicyclic) bond motifs is 1. The van der Waals surface area contributed by atoms with E-state index in [1.807, 2.05) is 6.07 Å². The monoisotopic (exact) mass is 494 g/mol. The highest BCUT2D eigenvalue weighted by atomic mass is 79.9. The van der Waals surface area contributed by atoms with Gasteiger partial charge in [-0.3, -0.25) is 4.79 Å². The summed E-state index contributed by atoms with van der Waals surface area (Å²) in [6, 6.07) is 17.1. The SMILES string of the molecule is Cc1c(C(=O)Nc2ccc(C(=O)O)cc2F)c2cc(Br)ccc2[n+]([O-])c1-c1ccccc1. The number of halogens is 2. The molecule has 8 heteroatoms. The average Bonchev–Trinajstić information content (AvgIpc) is 2.75. The fourth-order valence-electron chi connectivity index (χ4n) is 3.64. The normalized spacial score (nSPS) is 10.8. The number of nitrogens with zero attached hydrogens (tertiary/aromatic N) is 1. The number of hydrogen-bond acceptors (Lipinski definition) is 3. The lowest BCUT2D eigenvalue weighted by molar-refractivity contribution is -0.565. The van der Waals surface area contributed by atoms with Gasteiger partial charge in [0, 0.05) is 21.7 Å². The Morgan fingerprint density at radius 3 is 2.44 bits per heavy atom. The minimum absolute atomic E-state index is 0.164. The predicted octanol–water partition coefficient (Wildman–Crippen LogP) is 5.30. The van der Waals surface area contributed by atoms with Crippen molar-refractivity contribution in [3.8, 4) is 11.3 Å². The Balaban J connectivity index is 1.90. The Kier molecular flexibility index (Phi) is 5.63. The highest BCUT2D eigenvalue weighted by Gasteiger charge is 2.26. The molecule has 0 aliphatic heterocycles. The summed E-state index contributed by atoms with van der Waals surface area (Å²) in [5.41, 5.74) is 1.48. The lowest BCUT2D eigenvalue weighted by atomic mass is 9.97. The van der Waals surface area contributed by atoms with E-state index in [4.69, 9.17) is 5.11 Å². The van der Waals surface area contributed by atoms with E-state index >= 15 is 0 Å². The van der Waals surface area contributed by atoms with Crippen LogP contribution >= 0.6 is 15.9 Å². The summed E-state index contributed by atoms with van der Waals surface area (Å²) in [5, 5.41) is 25.1. The van der Waals surface area contributed by atoms with Gasteiger partial charge in [0.25, 0.3) is 5.91 Å². The summed E-state index contributed by atoms with van der Waals surface area (Å²) in [5.74, 6) is -2.77. The maximum absolute atomic E-state index is 14.4. The van der Waals surface area contributed by atoms with Gasteiger partial charge in [-0.15, -0.1) is 0 Å². The van der Waals surface area contributed by atoms with Crippen molar-refractivity contribution in [2.75, 3.05) is 5.32 Å². The first-order valence-electron chi connectivity index (χ1n) is 9.53. The maximum Gasteiger partial charge on any atom is 0.335 e. The maximum atomic E-state index is 14.4. The molecule has 2 N–H and O–H groups in total. The first-order chi connectivity index (χ1) is 15.3. The van der Waals surface area contributed by atoms with Crippen LogP contribution in [0.2, 0.25) is 0 Å². The Morgan fingerprint density at radius 2 is 1.78 bits per heavy atom. The van der Waals surface area contributed by atoms with Gasteiger partial charge >= 0.3 is 5.97 Å². The highest BCUT2D eigenvalue weighted by molar-refractivity contribution is 9.10. The topological polar surface area (TPSA) is 93.3 Å². The molecule has 0 saturated carbocycles. The smallest absolute Gasteiger partial charge is 0.335 e. The van der Waals surface area contributed by atoms with E-state index in [0.717, 1.165) is 10.8 Å². The minimum Gasteiger partial charge on any atom is -0.618 e. The second kappa shape index (κ2) is 8.39. The number of anilines is 1. The third-order valence-corrected chi connectivity index (χ3v) is 5.61. The largest absolute Gasteiger partial charge is 0.618 e. The summed E-state index contributed by atoms with van der Waals surface area (Å²) in [4.78, 5) is 24.4. The van der Waals surface area contributed by atoms with Crippen molar-refractivity contribution in [2.24, 2.45) is 0 Å². The summed E-state index contributed by atoms with van der Waals surface area (Å²) in [6.07, 6.45) is 0. The summed E-state index contributed by atoms with van der Waals surface area (Å²) in [6.45, 7) is 1.66. The van der Waals surface area contributed by atoms with Gasteiger partial charge in [-0.05, 0) is 49.4 Å². The van der Waals surface area contributed by atoms with E-state index < -0.39 is 17.7 Å². The molecule has 6 nitrogen and oxygen atoms in total. The fourth-order valence-corrected chi connectivity index (χ4v) is 4.00. The molecule has 0 spiro atoms. The lowest BCUT2D eigenvalue weighted by Crippen LogP contribution is -2.33. The second-order valence-corrected chi connectivity index (χ2v) is 8.04. The van der Waals surface area contributed by atoms with E-state index in [0.29, 0.717) is 26.7 Å². The number of amides is 1. The third kappa shape index (κ3) is 3.80. The molecule has 0 radical (unpaired) electrons. The van der Waals surface area contributed by atoms with Gasteiger partial charge in [-0.25, -0.2) is 9.18 Å². The molecule has 4 aromatic rings. The molecule has 0 unspecified atom stereocenters. The molecule has 3 aromatic carbocycles. The van der Waals surface area contributed by atoms with Gasteiger partial charge in [-0.2, -0.15) is 4.73 Å². The molecule has 0 atom stereocenters. The number of rotatable bonds is 4. The molecule has 1 amide bonds. The van der Waals surface area contributed by atoms with Crippen molar-refractivity contribution in [3.05, 3.63) is 98.9 Å². The zero-order valence-electron chi connectivity index (χ0n) is 16.7. The molecular formula is C24H16BrFN2O4. The van der Waals surface area contributed by atoms with Gasteiger partial charge < -0.3 is 15.6 Å². The molecule has 32 heavy (non-hydrogen) atoms. The highest BCUT2D eigenvalue weighted by Crippen LogP contribution is 2.31. The Bertz CT molecular complexity index is 1390. The number of pyridine rings is 1. The van der Waals surface area contributed by atoms with E-state index in [1.54, 1.807) is 49.4 Å². The predicted molar refractivity (Wildman–Crippen MR) is 122 cm³/mol. The zero-order chi connectivity index (χ0) is 23.0. The average molecular weight is 495 g/mol. The number of carboxylic acid groups (broad SMARTS) is 1. The molecular weight excluding hydrogens is 479 g/mol. The quantitative estimate of drug-likeness (QED) is 0.297. The molecule has 1 heterocycles. The van der Waals surface area contributed by atoms with Crippen LogP contribution in [0.15, 0.2) is 71.2 Å². The van der Waals surface area contributed by atoms with Gasteiger partial charge in [0.1, 0.15) is 5.82 Å². The van der Waals surface area contributed by atoms with Crippen LogP contribution in [0.5, 0.6) is 0 Å². The number of aromatic nitrogens is 1. The first-order valence-corrected chi connectivity index (χ1v) is 10.3. The molecule has 0 aliphatic carbocycles. The van der Waals surface area contributed by atoms with Crippen LogP contribution in [-0.2, 0) is 0 Å². The van der Waals surface area contributed by atoms with Crippen molar-refractivity contribution < 1.29 is 23.8 Å². The number of hydrogen-bond donors (Lipinski definition) is 2. The molecule has 160 valence electrons. The van der Waals surface area contributed by atoms with Crippen LogP contribution in [-0.4, -0.2) is 17.0 Å². The standard InChI is InChI=1S/C24H16BrFN2O4/c1-13-21(23(29)27-19-9-7-15(24(30)31)11-18(19)26)17-12-16(25)8-10-20(17)28(32)22(13)14-5-3-2-4-6-14/h2-12H,1H3,(H,27,29)(H,30,31). The van der Waals surface area contributed by atoms with Crippen LogP contribution in [0.25, 0.3) is 22.2 Å². The van der Waals surface area contributed by atoms with E-state index in [-0.39, 0.29) is 22.3 Å². The summed E-state index contributed by atoms with van der Waals surface area (Å²) >= 11 is 3.37. The van der Waals surface area contributed by atoms with Crippen LogP contribution in [0, 0.1) is 17.9 Å². The molecule has 1 aromatic heterocycles. The number of nitrogens with one attached hydrogen (secondary N) is 1.